The molecular formula is C10H16NS. The van der Waals surface area contributed by atoms with Crippen LogP contribution in [0.2, 0.25) is 0 Å². The third kappa shape index (κ3) is 2.31. The Morgan fingerprint density at radius 2 is 2.33 bits per heavy atom. The Labute approximate surface area is 78.8 Å². The van der Waals surface area contributed by atoms with Gasteiger partial charge in [-0.2, -0.15) is 0 Å². The van der Waals surface area contributed by atoms with E-state index in [0.29, 0.717) is 5.41 Å². The molecule has 0 atom stereocenters. The molecule has 0 aromatic carbocycles. The Bertz CT molecular complexity index is 214. The minimum Gasteiger partial charge on any atom is -0.242 e. The number of hydrogen-bond acceptors (Lipinski definition) is 2. The molecule has 1 aromatic heterocycles. The van der Waals surface area contributed by atoms with E-state index in [9.17, 15) is 0 Å². The SMILES string of the molecule is CCCCC(C)(C)c1cn[c]s1. The van der Waals surface area contributed by atoms with Gasteiger partial charge in [-0.3, -0.25) is 0 Å². The lowest BCUT2D eigenvalue weighted by Gasteiger charge is -2.21. The summed E-state index contributed by atoms with van der Waals surface area (Å²) in [6, 6.07) is 0. The molecule has 0 bridgehead atoms. The molecule has 1 heterocycles. The Kier molecular flexibility index (Phi) is 3.27. The summed E-state index contributed by atoms with van der Waals surface area (Å²) in [5.74, 6) is 0. The third-order valence-electron chi connectivity index (χ3n) is 2.21. The summed E-state index contributed by atoms with van der Waals surface area (Å²) in [6.07, 6.45) is 5.76. The first-order chi connectivity index (χ1) is 5.67. The van der Waals surface area contributed by atoms with Crippen LogP contribution in [0.4, 0.5) is 0 Å². The number of unbranched alkanes of at least 4 members (excludes halogenated alkanes) is 1. The Hall–Kier alpha value is -0.370. The standard InChI is InChI=1S/C10H16NS/c1-4-5-6-10(2,3)9-7-11-8-12-9/h7H,4-6H2,1-3H3. The minimum atomic E-state index is 0.299. The van der Waals surface area contributed by atoms with Gasteiger partial charge < -0.3 is 0 Å². The highest BCUT2D eigenvalue weighted by Gasteiger charge is 2.21. The van der Waals surface area contributed by atoms with Gasteiger partial charge in [0.1, 0.15) is 0 Å². The lowest BCUT2D eigenvalue weighted by molar-refractivity contribution is 0.465. The second-order valence-electron chi connectivity index (χ2n) is 3.80. The molecule has 1 rings (SSSR count). The summed E-state index contributed by atoms with van der Waals surface area (Å²) in [7, 11) is 0. The molecule has 0 saturated heterocycles. The maximum absolute atomic E-state index is 3.99. The average Bonchev–Trinajstić information content (AvgIpc) is 2.53. The van der Waals surface area contributed by atoms with Crippen LogP contribution in [0.1, 0.15) is 44.9 Å². The molecule has 0 fully saturated rings. The fourth-order valence-electron chi connectivity index (χ4n) is 1.24. The average molecular weight is 182 g/mol. The smallest absolute Gasteiger partial charge is 0.152 e. The molecule has 0 amide bonds. The Morgan fingerprint density at radius 1 is 1.58 bits per heavy atom. The van der Waals surface area contributed by atoms with E-state index >= 15 is 0 Å². The summed E-state index contributed by atoms with van der Waals surface area (Å²) >= 11 is 1.64. The summed E-state index contributed by atoms with van der Waals surface area (Å²) in [6.45, 7) is 6.79. The summed E-state index contributed by atoms with van der Waals surface area (Å²) < 4.78 is 0. The van der Waals surface area contributed by atoms with E-state index in [2.05, 4.69) is 31.3 Å². The van der Waals surface area contributed by atoms with Crippen molar-refractivity contribution in [2.75, 3.05) is 0 Å². The van der Waals surface area contributed by atoms with Crippen molar-refractivity contribution in [3.05, 3.63) is 16.6 Å². The lowest BCUT2D eigenvalue weighted by Crippen LogP contribution is -2.14. The van der Waals surface area contributed by atoms with Crippen LogP contribution in [0, 0.1) is 5.51 Å². The van der Waals surface area contributed by atoms with E-state index in [0.717, 1.165) is 0 Å². The summed E-state index contributed by atoms with van der Waals surface area (Å²) in [5, 5.41) is 0. The molecule has 1 radical (unpaired) electrons. The first kappa shape index (κ1) is 9.72. The molecule has 1 aromatic rings. The molecular weight excluding hydrogens is 166 g/mol. The fraction of sp³-hybridized carbons (Fsp3) is 0.700. The highest BCUT2D eigenvalue weighted by Crippen LogP contribution is 2.30. The molecule has 0 aliphatic carbocycles. The van der Waals surface area contributed by atoms with Gasteiger partial charge in [0.15, 0.2) is 5.51 Å². The molecule has 0 aliphatic heterocycles. The monoisotopic (exact) mass is 182 g/mol. The van der Waals surface area contributed by atoms with Crippen molar-refractivity contribution in [1.29, 1.82) is 0 Å². The van der Waals surface area contributed by atoms with Gasteiger partial charge in [0.2, 0.25) is 0 Å². The second-order valence-corrected chi connectivity index (χ2v) is 4.63. The molecule has 1 nitrogen and oxygen atoms in total. The number of rotatable bonds is 4. The highest BCUT2D eigenvalue weighted by atomic mass is 32.1. The zero-order valence-electron chi connectivity index (χ0n) is 8.05. The highest BCUT2D eigenvalue weighted by molar-refractivity contribution is 7.09. The van der Waals surface area contributed by atoms with Crippen LogP contribution in [0.25, 0.3) is 0 Å². The molecule has 2 heteroatoms. The van der Waals surface area contributed by atoms with Crippen molar-refractivity contribution in [3.8, 4) is 0 Å². The zero-order chi connectivity index (χ0) is 9.03. The van der Waals surface area contributed by atoms with Crippen molar-refractivity contribution in [3.63, 3.8) is 0 Å². The first-order valence-corrected chi connectivity index (χ1v) is 5.31. The predicted molar refractivity (Wildman–Crippen MR) is 53.5 cm³/mol. The van der Waals surface area contributed by atoms with Gasteiger partial charge in [-0.15, -0.1) is 11.3 Å². The van der Waals surface area contributed by atoms with Crippen LogP contribution in [-0.2, 0) is 5.41 Å². The largest absolute Gasteiger partial charge is 0.242 e. The second kappa shape index (κ2) is 4.04. The predicted octanol–water partition coefficient (Wildman–Crippen LogP) is 3.41. The molecule has 0 unspecified atom stereocenters. The Balaban J connectivity index is 2.59. The lowest BCUT2D eigenvalue weighted by atomic mass is 9.86. The van der Waals surface area contributed by atoms with Crippen molar-refractivity contribution in [1.82, 2.24) is 4.98 Å². The van der Waals surface area contributed by atoms with Crippen molar-refractivity contribution >= 4 is 11.3 Å². The number of thiazole rings is 1. The van der Waals surface area contributed by atoms with Crippen LogP contribution in [0.15, 0.2) is 6.20 Å². The molecule has 0 aliphatic rings. The summed E-state index contributed by atoms with van der Waals surface area (Å²) in [5.41, 5.74) is 3.20. The van der Waals surface area contributed by atoms with Gasteiger partial charge in [0.05, 0.1) is 0 Å². The van der Waals surface area contributed by atoms with E-state index in [4.69, 9.17) is 0 Å². The van der Waals surface area contributed by atoms with Crippen LogP contribution >= 0.6 is 11.3 Å². The van der Waals surface area contributed by atoms with Crippen LogP contribution < -0.4 is 0 Å². The van der Waals surface area contributed by atoms with Gasteiger partial charge in [-0.1, -0.05) is 33.6 Å². The number of aromatic nitrogens is 1. The molecule has 12 heavy (non-hydrogen) atoms. The van der Waals surface area contributed by atoms with Crippen molar-refractivity contribution in [2.24, 2.45) is 0 Å². The normalized spacial score (nSPS) is 11.9. The fourth-order valence-corrected chi connectivity index (χ4v) is 1.93. The van der Waals surface area contributed by atoms with Gasteiger partial charge in [0, 0.05) is 16.5 Å². The molecule has 0 spiro atoms. The van der Waals surface area contributed by atoms with E-state index in [1.165, 1.54) is 24.1 Å². The van der Waals surface area contributed by atoms with Gasteiger partial charge in [0.25, 0.3) is 0 Å². The number of nitrogens with zero attached hydrogens (tertiary/aromatic N) is 1. The molecule has 0 saturated carbocycles. The van der Waals surface area contributed by atoms with E-state index in [1.807, 2.05) is 6.20 Å². The number of hydrogen-bond donors (Lipinski definition) is 0. The maximum atomic E-state index is 3.99. The van der Waals surface area contributed by atoms with E-state index < -0.39 is 0 Å². The van der Waals surface area contributed by atoms with Gasteiger partial charge in [-0.25, -0.2) is 4.98 Å². The minimum absolute atomic E-state index is 0.299. The molecule has 0 N–H and O–H groups in total. The van der Waals surface area contributed by atoms with Crippen molar-refractivity contribution in [2.45, 2.75) is 45.4 Å². The van der Waals surface area contributed by atoms with Crippen molar-refractivity contribution < 1.29 is 0 Å². The quantitative estimate of drug-likeness (QED) is 0.695. The van der Waals surface area contributed by atoms with Gasteiger partial charge in [-0.05, 0) is 6.42 Å². The van der Waals surface area contributed by atoms with Crippen LogP contribution in [0.3, 0.4) is 0 Å². The van der Waals surface area contributed by atoms with E-state index in [1.54, 1.807) is 11.3 Å². The topological polar surface area (TPSA) is 12.9 Å². The van der Waals surface area contributed by atoms with Crippen LogP contribution in [0.5, 0.6) is 0 Å². The maximum Gasteiger partial charge on any atom is 0.152 e. The zero-order valence-corrected chi connectivity index (χ0v) is 8.87. The third-order valence-corrected chi connectivity index (χ3v) is 3.29. The summed E-state index contributed by atoms with van der Waals surface area (Å²) in [4.78, 5) is 5.35. The van der Waals surface area contributed by atoms with Crippen LogP contribution in [-0.4, -0.2) is 4.98 Å². The van der Waals surface area contributed by atoms with Gasteiger partial charge >= 0.3 is 0 Å². The molecule has 67 valence electrons. The van der Waals surface area contributed by atoms with E-state index in [-0.39, 0.29) is 0 Å². The first-order valence-electron chi connectivity index (χ1n) is 4.49. The Morgan fingerprint density at radius 3 is 2.83 bits per heavy atom.